The van der Waals surface area contributed by atoms with Gasteiger partial charge in [-0.2, -0.15) is 0 Å². The van der Waals surface area contributed by atoms with E-state index in [1.807, 2.05) is 35.2 Å². The third-order valence-electron chi connectivity index (χ3n) is 5.66. The van der Waals surface area contributed by atoms with Gasteiger partial charge in [0.2, 0.25) is 0 Å². The first-order valence-electron chi connectivity index (χ1n) is 10.2. The monoisotopic (exact) mass is 484 g/mol. The van der Waals surface area contributed by atoms with Crippen molar-refractivity contribution in [2.24, 2.45) is 4.99 Å². The number of sulfone groups is 1. The van der Waals surface area contributed by atoms with E-state index in [0.717, 1.165) is 5.69 Å². The van der Waals surface area contributed by atoms with Gasteiger partial charge in [-0.1, -0.05) is 30.0 Å². The van der Waals surface area contributed by atoms with Gasteiger partial charge in [0.05, 0.1) is 52.9 Å². The number of para-hydroxylation sites is 1. The van der Waals surface area contributed by atoms with E-state index in [1.165, 1.54) is 31.0 Å². The maximum atomic E-state index is 12.5. The zero-order chi connectivity index (χ0) is 23.2. The largest absolute Gasteiger partial charge is 0.465 e. The normalized spacial score (nSPS) is 21.1. The van der Waals surface area contributed by atoms with Gasteiger partial charge in [0, 0.05) is 5.69 Å². The predicted molar refractivity (Wildman–Crippen MR) is 128 cm³/mol. The Hall–Kier alpha value is -3.18. The van der Waals surface area contributed by atoms with Crippen LogP contribution in [0, 0.1) is 0 Å². The molecular formula is C22H20N4O5S2. The summed E-state index contributed by atoms with van der Waals surface area (Å²) in [6.07, 6.45) is 0. The average Bonchev–Trinajstić information content (AvgIpc) is 3.28. The summed E-state index contributed by atoms with van der Waals surface area (Å²) in [5, 5.41) is 1.07. The van der Waals surface area contributed by atoms with Gasteiger partial charge in [0.1, 0.15) is 5.82 Å². The third-order valence-corrected chi connectivity index (χ3v) is 8.33. The highest BCUT2D eigenvalue weighted by Crippen LogP contribution is 2.35. The molecule has 170 valence electrons. The van der Waals surface area contributed by atoms with E-state index in [4.69, 9.17) is 9.73 Å². The average molecular weight is 485 g/mol. The van der Waals surface area contributed by atoms with Crippen LogP contribution in [0.25, 0.3) is 10.9 Å². The lowest BCUT2D eigenvalue weighted by atomic mass is 10.1. The van der Waals surface area contributed by atoms with Gasteiger partial charge in [-0.3, -0.25) is 9.79 Å². The Labute approximate surface area is 193 Å². The molecule has 2 aliphatic heterocycles. The number of H-pyrrole nitrogens is 1. The minimum absolute atomic E-state index is 0.0341. The summed E-state index contributed by atoms with van der Waals surface area (Å²) in [5.41, 5.74) is 1.28. The zero-order valence-electron chi connectivity index (χ0n) is 17.6. The Morgan fingerprint density at radius 2 is 2.00 bits per heavy atom. The fraction of sp³-hybridized carbons (Fsp3) is 0.273. The van der Waals surface area contributed by atoms with Crippen molar-refractivity contribution in [1.82, 2.24) is 9.97 Å². The van der Waals surface area contributed by atoms with Crippen molar-refractivity contribution in [3.8, 4) is 0 Å². The lowest BCUT2D eigenvalue weighted by Gasteiger charge is -2.26. The second kappa shape index (κ2) is 8.31. The van der Waals surface area contributed by atoms with Gasteiger partial charge in [-0.25, -0.2) is 18.2 Å². The first kappa shape index (κ1) is 21.7. The smallest absolute Gasteiger partial charge is 0.337 e. The quantitative estimate of drug-likeness (QED) is 0.558. The SMILES string of the molecule is COC(=O)c1ccc2c(=O)[nH]c(CSC3=N[C@H]4CS(=O)(=O)C[C@H]4N3c3ccccc3)nc2c1. The number of fused-ring (bicyclic) bond motifs is 2. The molecule has 9 nitrogen and oxygen atoms in total. The number of aromatic amines is 1. The van der Waals surface area contributed by atoms with Crippen LogP contribution < -0.4 is 10.5 Å². The molecule has 1 aromatic heterocycles. The molecule has 0 radical (unpaired) electrons. The first-order chi connectivity index (χ1) is 15.8. The summed E-state index contributed by atoms with van der Waals surface area (Å²) in [6.45, 7) is 0. The van der Waals surface area contributed by atoms with Crippen LogP contribution in [-0.2, 0) is 20.3 Å². The molecule has 1 saturated heterocycles. The number of nitrogens with one attached hydrogen (secondary N) is 1. The van der Waals surface area contributed by atoms with Crippen LogP contribution in [0.2, 0.25) is 0 Å². The summed E-state index contributed by atoms with van der Waals surface area (Å²) < 4.78 is 29.1. The Morgan fingerprint density at radius 1 is 1.21 bits per heavy atom. The fourth-order valence-corrected chi connectivity index (χ4v) is 6.99. The molecule has 2 aliphatic rings. The van der Waals surface area contributed by atoms with E-state index in [9.17, 15) is 18.0 Å². The van der Waals surface area contributed by atoms with E-state index in [0.29, 0.717) is 33.2 Å². The minimum Gasteiger partial charge on any atom is -0.465 e. The summed E-state index contributed by atoms with van der Waals surface area (Å²) >= 11 is 1.39. The molecule has 33 heavy (non-hydrogen) atoms. The number of aromatic nitrogens is 2. The number of hydrogen-bond acceptors (Lipinski definition) is 9. The van der Waals surface area contributed by atoms with Crippen molar-refractivity contribution in [1.29, 1.82) is 0 Å². The molecule has 0 spiro atoms. The zero-order valence-corrected chi connectivity index (χ0v) is 19.2. The van der Waals surface area contributed by atoms with E-state index in [-0.39, 0.29) is 29.1 Å². The summed E-state index contributed by atoms with van der Waals surface area (Å²) in [4.78, 5) is 38.3. The van der Waals surface area contributed by atoms with Crippen molar-refractivity contribution >= 4 is 49.3 Å². The maximum Gasteiger partial charge on any atom is 0.337 e. The van der Waals surface area contributed by atoms with Crippen molar-refractivity contribution < 1.29 is 17.9 Å². The van der Waals surface area contributed by atoms with Crippen LogP contribution in [0.4, 0.5) is 5.69 Å². The summed E-state index contributed by atoms with van der Waals surface area (Å²) in [5.74, 6) is 0.339. The first-order valence-corrected chi connectivity index (χ1v) is 13.0. The van der Waals surface area contributed by atoms with Crippen molar-refractivity contribution in [2.75, 3.05) is 23.5 Å². The molecular weight excluding hydrogens is 464 g/mol. The number of benzene rings is 2. The third kappa shape index (κ3) is 4.13. The number of esters is 1. The lowest BCUT2D eigenvalue weighted by molar-refractivity contribution is 0.0601. The second-order valence-electron chi connectivity index (χ2n) is 7.85. The number of thioether (sulfide) groups is 1. The van der Waals surface area contributed by atoms with E-state index in [1.54, 1.807) is 6.07 Å². The number of nitrogens with zero attached hydrogens (tertiary/aromatic N) is 3. The number of carbonyl (C=O) groups excluding carboxylic acids is 1. The standard InChI is InChI=1S/C22H20N4O5S2/c1-31-21(28)13-7-8-15-16(9-13)23-19(25-20(15)27)10-32-22-24-17-11-33(29,30)12-18(17)26(22)14-5-3-2-4-6-14/h2-9,17-18H,10-12H2,1H3,(H,23,25,27)/t17-,18+/m0/s1. The molecule has 3 heterocycles. The Kier molecular flexibility index (Phi) is 5.45. The predicted octanol–water partition coefficient (Wildman–Crippen LogP) is 1.98. The molecule has 0 aliphatic carbocycles. The molecule has 0 bridgehead atoms. The number of hydrogen-bond donors (Lipinski definition) is 1. The summed E-state index contributed by atoms with van der Waals surface area (Å²) in [6, 6.07) is 13.6. The Balaban J connectivity index is 1.44. The molecule has 2 aromatic carbocycles. The highest BCUT2D eigenvalue weighted by Gasteiger charge is 2.47. The Morgan fingerprint density at radius 3 is 2.76 bits per heavy atom. The minimum atomic E-state index is -3.14. The van der Waals surface area contributed by atoms with Gasteiger partial charge >= 0.3 is 5.97 Å². The van der Waals surface area contributed by atoms with E-state index < -0.39 is 15.8 Å². The van der Waals surface area contributed by atoms with Crippen LogP contribution >= 0.6 is 11.8 Å². The van der Waals surface area contributed by atoms with Gasteiger partial charge in [0.15, 0.2) is 15.0 Å². The molecule has 2 atom stereocenters. The van der Waals surface area contributed by atoms with Crippen molar-refractivity contribution in [2.45, 2.75) is 17.8 Å². The molecule has 1 fully saturated rings. The van der Waals surface area contributed by atoms with Gasteiger partial charge < -0.3 is 14.6 Å². The van der Waals surface area contributed by atoms with Crippen LogP contribution in [0.15, 0.2) is 58.3 Å². The number of carbonyl (C=O) groups is 1. The van der Waals surface area contributed by atoms with Gasteiger partial charge in [0.25, 0.3) is 5.56 Å². The molecule has 0 saturated carbocycles. The number of aliphatic imine (C=N–C) groups is 1. The van der Waals surface area contributed by atoms with Crippen LogP contribution in [-0.4, -0.2) is 60.2 Å². The number of methoxy groups -OCH3 is 1. The number of ether oxygens (including phenoxy) is 1. The van der Waals surface area contributed by atoms with Crippen molar-refractivity contribution in [3.63, 3.8) is 0 Å². The van der Waals surface area contributed by atoms with Crippen LogP contribution in [0.3, 0.4) is 0 Å². The van der Waals surface area contributed by atoms with E-state index >= 15 is 0 Å². The van der Waals surface area contributed by atoms with Gasteiger partial charge in [-0.05, 0) is 30.3 Å². The molecule has 1 N–H and O–H groups in total. The molecule has 0 amide bonds. The maximum absolute atomic E-state index is 12.5. The molecule has 11 heteroatoms. The van der Waals surface area contributed by atoms with E-state index in [2.05, 4.69) is 9.97 Å². The second-order valence-corrected chi connectivity index (χ2v) is 10.9. The molecule has 5 rings (SSSR count). The number of amidine groups is 1. The molecule has 0 unspecified atom stereocenters. The number of rotatable bonds is 4. The Bertz CT molecular complexity index is 1440. The number of anilines is 1. The topological polar surface area (TPSA) is 122 Å². The van der Waals surface area contributed by atoms with Crippen molar-refractivity contribution in [3.05, 3.63) is 70.3 Å². The fourth-order valence-electron chi connectivity index (χ4n) is 4.16. The highest BCUT2D eigenvalue weighted by molar-refractivity contribution is 8.13. The summed E-state index contributed by atoms with van der Waals surface area (Å²) in [7, 11) is -1.84. The molecule has 3 aromatic rings. The lowest BCUT2D eigenvalue weighted by Crippen LogP contribution is -2.39. The van der Waals surface area contributed by atoms with Gasteiger partial charge in [-0.15, -0.1) is 0 Å². The highest BCUT2D eigenvalue weighted by atomic mass is 32.2. The van der Waals surface area contributed by atoms with Crippen LogP contribution in [0.1, 0.15) is 16.2 Å². The van der Waals surface area contributed by atoms with Crippen LogP contribution in [0.5, 0.6) is 0 Å².